The summed E-state index contributed by atoms with van der Waals surface area (Å²) in [6, 6.07) is 5.77. The molecule has 1 aromatic heterocycles. The van der Waals surface area contributed by atoms with E-state index in [1.165, 1.54) is 13.5 Å². The Kier molecular flexibility index (Phi) is 2.78. The number of esters is 1. The lowest BCUT2D eigenvalue weighted by Crippen LogP contribution is -2.33. The molecule has 1 unspecified atom stereocenters. The zero-order chi connectivity index (χ0) is 13.5. The highest BCUT2D eigenvalue weighted by Gasteiger charge is 2.56. The molecular formula is C14H16N2O3. The number of carbonyl (C=O) groups excluding carboxylic acids is 1. The molecular weight excluding hydrogens is 244 g/mol. The fourth-order valence-electron chi connectivity index (χ4n) is 2.76. The smallest absolute Gasteiger partial charge is 0.313 e. The Balaban J connectivity index is 2.00. The lowest BCUT2D eigenvalue weighted by atomic mass is 9.90. The van der Waals surface area contributed by atoms with Gasteiger partial charge in [-0.05, 0) is 37.6 Å². The molecule has 100 valence electrons. The summed E-state index contributed by atoms with van der Waals surface area (Å²) < 4.78 is 10.3. The number of methoxy groups -OCH3 is 1. The fraction of sp³-hybridized carbons (Fsp3) is 0.429. The molecule has 0 spiro atoms. The maximum absolute atomic E-state index is 12.0. The number of hydrogen-bond donors (Lipinski definition) is 1. The normalized spacial score (nSPS) is 18.2. The van der Waals surface area contributed by atoms with Crippen LogP contribution in [0.3, 0.4) is 0 Å². The molecule has 1 fully saturated rings. The fourth-order valence-corrected chi connectivity index (χ4v) is 2.76. The lowest BCUT2D eigenvalue weighted by Gasteiger charge is -2.24. The van der Waals surface area contributed by atoms with Gasteiger partial charge in [0.15, 0.2) is 12.0 Å². The monoisotopic (exact) mass is 260 g/mol. The van der Waals surface area contributed by atoms with Gasteiger partial charge >= 0.3 is 5.97 Å². The number of nitrogens with one attached hydrogen (secondary N) is 1. The first kappa shape index (κ1) is 12.2. The number of hydrogen-bond acceptors (Lipinski definition) is 5. The molecule has 1 aromatic carbocycles. The van der Waals surface area contributed by atoms with Crippen LogP contribution >= 0.6 is 0 Å². The minimum atomic E-state index is -0.433. The third-order valence-electron chi connectivity index (χ3n) is 3.91. The van der Waals surface area contributed by atoms with Crippen molar-refractivity contribution in [2.24, 2.45) is 5.41 Å². The highest BCUT2D eigenvalue weighted by atomic mass is 16.5. The van der Waals surface area contributed by atoms with Crippen LogP contribution in [0.4, 0.5) is 0 Å². The summed E-state index contributed by atoms with van der Waals surface area (Å²) in [6.45, 7) is 0. The van der Waals surface area contributed by atoms with E-state index < -0.39 is 5.41 Å². The zero-order valence-electron chi connectivity index (χ0n) is 11.0. The molecule has 5 heteroatoms. The second-order valence-corrected chi connectivity index (χ2v) is 4.95. The standard InChI is InChI=1S/C14H16N2O3/c1-15-12(14(5-6-14)13(17)18-2)9-3-4-10-11(7-9)19-8-16-10/h3-4,7-8,12,15H,5-6H2,1-2H3. The Morgan fingerprint density at radius 3 is 2.95 bits per heavy atom. The molecule has 19 heavy (non-hydrogen) atoms. The summed E-state index contributed by atoms with van der Waals surface area (Å²) in [4.78, 5) is 16.1. The first-order valence-corrected chi connectivity index (χ1v) is 6.30. The van der Waals surface area contributed by atoms with Gasteiger partial charge in [-0.3, -0.25) is 4.79 Å². The molecule has 2 aromatic rings. The minimum absolute atomic E-state index is 0.0607. The number of aromatic nitrogens is 1. The van der Waals surface area contributed by atoms with Gasteiger partial charge in [0, 0.05) is 6.04 Å². The molecule has 0 radical (unpaired) electrons. The minimum Gasteiger partial charge on any atom is -0.469 e. The SMILES string of the molecule is CNC(c1ccc2ncoc2c1)C1(C(=O)OC)CC1. The number of benzene rings is 1. The van der Waals surface area contributed by atoms with Crippen molar-refractivity contribution < 1.29 is 13.9 Å². The van der Waals surface area contributed by atoms with Crippen LogP contribution < -0.4 is 5.32 Å². The van der Waals surface area contributed by atoms with E-state index in [9.17, 15) is 4.79 Å². The maximum Gasteiger partial charge on any atom is 0.313 e. The van der Waals surface area contributed by atoms with Gasteiger partial charge in [0.05, 0.1) is 12.5 Å². The van der Waals surface area contributed by atoms with Gasteiger partial charge in [-0.25, -0.2) is 4.98 Å². The quantitative estimate of drug-likeness (QED) is 0.852. The van der Waals surface area contributed by atoms with Crippen molar-refractivity contribution in [2.75, 3.05) is 14.2 Å². The van der Waals surface area contributed by atoms with Crippen molar-refractivity contribution in [1.82, 2.24) is 10.3 Å². The van der Waals surface area contributed by atoms with Gasteiger partial charge in [-0.15, -0.1) is 0 Å². The topological polar surface area (TPSA) is 64.4 Å². The van der Waals surface area contributed by atoms with E-state index >= 15 is 0 Å². The van der Waals surface area contributed by atoms with Crippen LogP contribution in [-0.4, -0.2) is 25.1 Å². The number of carbonyl (C=O) groups is 1. The van der Waals surface area contributed by atoms with Gasteiger partial charge in [0.1, 0.15) is 5.52 Å². The number of oxazole rings is 1. The predicted octanol–water partition coefficient (Wildman–Crippen LogP) is 2.04. The van der Waals surface area contributed by atoms with E-state index in [1.807, 2.05) is 25.2 Å². The highest BCUT2D eigenvalue weighted by Crippen LogP contribution is 2.55. The van der Waals surface area contributed by atoms with Crippen LogP contribution in [0, 0.1) is 5.41 Å². The summed E-state index contributed by atoms with van der Waals surface area (Å²) in [5.74, 6) is -0.149. The van der Waals surface area contributed by atoms with E-state index in [-0.39, 0.29) is 12.0 Å². The van der Waals surface area contributed by atoms with Crippen molar-refractivity contribution in [3.63, 3.8) is 0 Å². The highest BCUT2D eigenvalue weighted by molar-refractivity contribution is 5.81. The second kappa shape index (κ2) is 4.35. The molecule has 0 bridgehead atoms. The Morgan fingerprint density at radius 2 is 2.32 bits per heavy atom. The predicted molar refractivity (Wildman–Crippen MR) is 69.5 cm³/mol. The Morgan fingerprint density at radius 1 is 1.53 bits per heavy atom. The summed E-state index contributed by atoms with van der Waals surface area (Å²) in [6.07, 6.45) is 3.12. The molecule has 1 N–H and O–H groups in total. The van der Waals surface area contributed by atoms with Crippen molar-refractivity contribution >= 4 is 17.1 Å². The first-order chi connectivity index (χ1) is 9.21. The number of fused-ring (bicyclic) bond motifs is 1. The van der Waals surface area contributed by atoms with Crippen LogP contribution in [-0.2, 0) is 9.53 Å². The van der Waals surface area contributed by atoms with Crippen LogP contribution in [0.5, 0.6) is 0 Å². The van der Waals surface area contributed by atoms with E-state index in [1.54, 1.807) is 0 Å². The number of ether oxygens (including phenoxy) is 1. The third-order valence-corrected chi connectivity index (χ3v) is 3.91. The molecule has 1 aliphatic carbocycles. The summed E-state index contributed by atoms with van der Waals surface area (Å²) >= 11 is 0. The largest absolute Gasteiger partial charge is 0.469 e. The Labute approximate surface area is 111 Å². The van der Waals surface area contributed by atoms with E-state index in [0.717, 1.165) is 29.5 Å². The summed E-state index contributed by atoms with van der Waals surface area (Å²) in [7, 11) is 3.30. The van der Waals surface area contributed by atoms with Crippen LogP contribution in [0.1, 0.15) is 24.4 Å². The Hall–Kier alpha value is -1.88. The van der Waals surface area contributed by atoms with Gasteiger partial charge in [0.2, 0.25) is 0 Å². The molecule has 0 amide bonds. The molecule has 0 saturated heterocycles. The van der Waals surface area contributed by atoms with Crippen LogP contribution in [0.25, 0.3) is 11.1 Å². The zero-order valence-corrected chi connectivity index (χ0v) is 11.0. The number of rotatable bonds is 4. The van der Waals surface area contributed by atoms with Crippen molar-refractivity contribution in [3.8, 4) is 0 Å². The van der Waals surface area contributed by atoms with E-state index in [0.29, 0.717) is 0 Å². The molecule has 5 nitrogen and oxygen atoms in total. The first-order valence-electron chi connectivity index (χ1n) is 6.30. The second-order valence-electron chi connectivity index (χ2n) is 4.95. The van der Waals surface area contributed by atoms with Gasteiger partial charge in [-0.2, -0.15) is 0 Å². The molecule has 3 rings (SSSR count). The van der Waals surface area contributed by atoms with E-state index in [2.05, 4.69) is 10.3 Å². The molecule has 1 saturated carbocycles. The average Bonchev–Trinajstić information content (AvgIpc) is 3.09. The van der Waals surface area contributed by atoms with Gasteiger partial charge < -0.3 is 14.5 Å². The molecule has 1 atom stereocenters. The molecule has 0 aliphatic heterocycles. The van der Waals surface area contributed by atoms with Crippen molar-refractivity contribution in [2.45, 2.75) is 18.9 Å². The van der Waals surface area contributed by atoms with Gasteiger partial charge in [0.25, 0.3) is 0 Å². The van der Waals surface area contributed by atoms with Crippen LogP contribution in [0.2, 0.25) is 0 Å². The molecule has 1 heterocycles. The number of nitrogens with zero attached hydrogens (tertiary/aromatic N) is 1. The summed E-state index contributed by atoms with van der Waals surface area (Å²) in [5.41, 5.74) is 2.14. The molecule has 1 aliphatic rings. The summed E-state index contributed by atoms with van der Waals surface area (Å²) in [5, 5.41) is 3.23. The lowest BCUT2D eigenvalue weighted by molar-refractivity contribution is -0.148. The third kappa shape index (κ3) is 1.81. The van der Waals surface area contributed by atoms with Crippen molar-refractivity contribution in [1.29, 1.82) is 0 Å². The average molecular weight is 260 g/mol. The van der Waals surface area contributed by atoms with Crippen molar-refractivity contribution in [3.05, 3.63) is 30.2 Å². The van der Waals surface area contributed by atoms with E-state index in [4.69, 9.17) is 9.15 Å². The maximum atomic E-state index is 12.0. The van der Waals surface area contributed by atoms with Gasteiger partial charge in [-0.1, -0.05) is 6.07 Å². The van der Waals surface area contributed by atoms with Crippen LogP contribution in [0.15, 0.2) is 29.0 Å². The Bertz CT molecular complexity index is 616.